The summed E-state index contributed by atoms with van der Waals surface area (Å²) < 4.78 is 28.4. The fraction of sp³-hybridized carbons (Fsp3) is 0.759. The molecule has 1 aliphatic carbocycles. The summed E-state index contributed by atoms with van der Waals surface area (Å²) in [5.74, 6) is -0.387. The third-order valence-electron chi connectivity index (χ3n) is 7.45. The van der Waals surface area contributed by atoms with E-state index in [4.69, 9.17) is 10.5 Å². The second kappa shape index (κ2) is 18.2. The Balaban J connectivity index is 2.65. The molecule has 0 aromatic rings. The molecule has 6 nitrogen and oxygen atoms in total. The average molecular weight is 515 g/mol. The number of hydrogen-bond donors (Lipinski definition) is 0. The van der Waals surface area contributed by atoms with Gasteiger partial charge in [-0.1, -0.05) is 83.3 Å². The van der Waals surface area contributed by atoms with Gasteiger partial charge in [0.25, 0.3) is 0 Å². The summed E-state index contributed by atoms with van der Waals surface area (Å²) in [6.45, 7) is 4.63. The molecule has 1 aliphatic rings. The smallest absolute Gasteiger partial charge is 0.211 e. The highest BCUT2D eigenvalue weighted by Crippen LogP contribution is 2.38. The van der Waals surface area contributed by atoms with Gasteiger partial charge in [-0.2, -0.15) is 15.8 Å². The molecular weight excluding hydrogens is 468 g/mol. The summed E-state index contributed by atoms with van der Waals surface area (Å²) in [4.78, 5) is 0. The summed E-state index contributed by atoms with van der Waals surface area (Å²) in [5, 5.41) is 26.7. The molecule has 200 valence electrons. The van der Waals surface area contributed by atoms with Crippen LogP contribution >= 0.6 is 0 Å². The first-order valence-corrected chi connectivity index (χ1v) is 15.3. The van der Waals surface area contributed by atoms with Crippen LogP contribution in [0.1, 0.15) is 117 Å². The molecule has 0 bridgehead atoms. The zero-order valence-corrected chi connectivity index (χ0v) is 23.4. The van der Waals surface area contributed by atoms with Gasteiger partial charge in [0.2, 0.25) is 10.0 Å². The lowest BCUT2D eigenvalue weighted by Gasteiger charge is -2.38. The van der Waals surface area contributed by atoms with E-state index in [2.05, 4.69) is 18.2 Å². The Bertz CT molecular complexity index is 888. The summed E-state index contributed by atoms with van der Waals surface area (Å²) in [6.07, 6.45) is 20.9. The highest BCUT2D eigenvalue weighted by molar-refractivity contribution is 7.90. The van der Waals surface area contributed by atoms with Gasteiger partial charge in [-0.3, -0.25) is 0 Å². The molecule has 0 amide bonds. The summed E-state index contributed by atoms with van der Waals surface area (Å²) in [6, 6.07) is 6.55. The van der Waals surface area contributed by atoms with E-state index < -0.39 is 14.8 Å². The Labute approximate surface area is 220 Å². The van der Waals surface area contributed by atoms with Crippen molar-refractivity contribution >= 4 is 10.0 Å². The lowest BCUT2D eigenvalue weighted by atomic mass is 9.84. The van der Waals surface area contributed by atoms with E-state index in [1.807, 2.05) is 6.92 Å². The van der Waals surface area contributed by atoms with Gasteiger partial charge in [0.15, 0.2) is 0 Å². The first-order chi connectivity index (χ1) is 17.3. The Morgan fingerprint density at radius 2 is 1.19 bits per heavy atom. The van der Waals surface area contributed by atoms with Gasteiger partial charge in [0.05, 0.1) is 18.2 Å². The highest BCUT2D eigenvalue weighted by atomic mass is 32.2. The minimum atomic E-state index is -3.64. The maximum Gasteiger partial charge on any atom is 0.223 e. The second-order valence-corrected chi connectivity index (χ2v) is 12.5. The summed E-state index contributed by atoms with van der Waals surface area (Å²) in [7, 11) is -3.64. The molecule has 0 spiro atoms. The average Bonchev–Trinajstić information content (AvgIpc) is 2.86. The molecule has 0 fully saturated rings. The normalized spacial score (nSPS) is 19.4. The van der Waals surface area contributed by atoms with E-state index in [9.17, 15) is 13.7 Å². The molecule has 1 rings (SSSR count). The van der Waals surface area contributed by atoms with Gasteiger partial charge in [-0.15, -0.1) is 0 Å². The van der Waals surface area contributed by atoms with Crippen LogP contribution in [0.25, 0.3) is 0 Å². The summed E-state index contributed by atoms with van der Waals surface area (Å²) >= 11 is 0. The predicted molar refractivity (Wildman–Crippen MR) is 146 cm³/mol. The van der Waals surface area contributed by atoms with E-state index in [0.29, 0.717) is 31.5 Å². The van der Waals surface area contributed by atoms with Gasteiger partial charge >= 0.3 is 0 Å². The minimum Gasteiger partial charge on any atom is -0.211 e. The molecule has 0 saturated carbocycles. The maximum absolute atomic E-state index is 13.9. The Hall–Kier alpha value is -2.14. The van der Waals surface area contributed by atoms with Gasteiger partial charge in [0.1, 0.15) is 4.75 Å². The number of unbranched alkanes of at least 4 members (excludes halogenated alkanes) is 14. The van der Waals surface area contributed by atoms with Gasteiger partial charge in [-0.05, 0) is 38.7 Å². The molecule has 0 aliphatic heterocycles. The first kappa shape index (κ1) is 31.9. The molecule has 7 heteroatoms. The molecule has 0 radical (unpaired) electrons. The van der Waals surface area contributed by atoms with Gasteiger partial charge in [-0.25, -0.2) is 12.7 Å². The van der Waals surface area contributed by atoms with Gasteiger partial charge in [0, 0.05) is 37.4 Å². The molecule has 0 N–H and O–H groups in total. The van der Waals surface area contributed by atoms with Crippen molar-refractivity contribution in [3.05, 3.63) is 23.8 Å². The van der Waals surface area contributed by atoms with E-state index >= 15 is 0 Å². The largest absolute Gasteiger partial charge is 0.223 e. The molecular formula is C29H46N4O2S. The number of nitriles is 3. The molecule has 0 saturated heterocycles. The zero-order valence-electron chi connectivity index (χ0n) is 22.6. The van der Waals surface area contributed by atoms with E-state index in [0.717, 1.165) is 89.9 Å². The van der Waals surface area contributed by atoms with Crippen molar-refractivity contribution in [3.63, 3.8) is 0 Å². The second-order valence-electron chi connectivity index (χ2n) is 10.2. The molecule has 2 unspecified atom stereocenters. The topological polar surface area (TPSA) is 109 Å². The standard InChI is InChI=1S/C29H46N4O2S/c1-27-28(26-32)20-19-21-29(27,2)36(34,35)33(24-17-13-9-5-3-7-11-15-22-30)25-18-14-10-6-4-8-12-16-23-31/h19-21,27H,3-18,24-25H2,1-2H3. The molecule has 0 aromatic carbocycles. The van der Waals surface area contributed by atoms with Crippen LogP contribution < -0.4 is 0 Å². The fourth-order valence-electron chi connectivity index (χ4n) is 4.77. The number of hydrogen-bond acceptors (Lipinski definition) is 5. The molecule has 0 heterocycles. The quantitative estimate of drug-likeness (QED) is 0.158. The lowest BCUT2D eigenvalue weighted by Crippen LogP contribution is -2.50. The van der Waals surface area contributed by atoms with Crippen molar-refractivity contribution in [1.29, 1.82) is 15.8 Å². The van der Waals surface area contributed by atoms with Crippen molar-refractivity contribution in [1.82, 2.24) is 4.31 Å². The van der Waals surface area contributed by atoms with Crippen molar-refractivity contribution in [3.8, 4) is 18.2 Å². The zero-order chi connectivity index (χ0) is 26.7. The number of nitrogens with zero attached hydrogens (tertiary/aromatic N) is 4. The molecule has 0 aromatic heterocycles. The van der Waals surface area contributed by atoms with E-state index in [1.54, 1.807) is 29.5 Å². The maximum atomic E-state index is 13.9. The molecule has 2 atom stereocenters. The van der Waals surface area contributed by atoms with Crippen LogP contribution in [0.15, 0.2) is 23.8 Å². The van der Waals surface area contributed by atoms with Crippen LogP contribution in [-0.4, -0.2) is 30.6 Å². The third kappa shape index (κ3) is 10.5. The van der Waals surface area contributed by atoms with Crippen LogP contribution in [0.3, 0.4) is 0 Å². The number of allylic oxidation sites excluding steroid dienone is 3. The summed E-state index contributed by atoms with van der Waals surface area (Å²) in [5.41, 5.74) is 0.510. The van der Waals surface area contributed by atoms with Crippen molar-refractivity contribution in [2.75, 3.05) is 13.1 Å². The Kier molecular flexibility index (Phi) is 16.1. The Morgan fingerprint density at radius 1 is 0.778 bits per heavy atom. The predicted octanol–water partition coefficient (Wildman–Crippen LogP) is 7.32. The number of rotatable bonds is 20. The van der Waals surface area contributed by atoms with Crippen molar-refractivity contribution in [2.24, 2.45) is 5.92 Å². The van der Waals surface area contributed by atoms with Gasteiger partial charge < -0.3 is 0 Å². The molecule has 36 heavy (non-hydrogen) atoms. The van der Waals surface area contributed by atoms with Crippen molar-refractivity contribution in [2.45, 2.75) is 121 Å². The van der Waals surface area contributed by atoms with Crippen LogP contribution in [-0.2, 0) is 10.0 Å². The van der Waals surface area contributed by atoms with Crippen LogP contribution in [0.5, 0.6) is 0 Å². The fourth-order valence-corrected chi connectivity index (χ4v) is 6.89. The third-order valence-corrected chi connectivity index (χ3v) is 10.1. The SMILES string of the molecule is CC1C(C#N)=CC=CC1(C)S(=O)(=O)N(CCCCCCCCCC#N)CCCCCCCCCC#N. The minimum absolute atomic E-state index is 0.387. The lowest BCUT2D eigenvalue weighted by molar-refractivity contribution is 0.362. The van der Waals surface area contributed by atoms with Crippen molar-refractivity contribution < 1.29 is 8.42 Å². The Morgan fingerprint density at radius 3 is 1.61 bits per heavy atom. The number of sulfonamides is 1. The highest BCUT2D eigenvalue weighted by Gasteiger charge is 2.47. The van der Waals surface area contributed by atoms with Crippen LogP contribution in [0.4, 0.5) is 0 Å². The van der Waals surface area contributed by atoms with E-state index in [-0.39, 0.29) is 5.92 Å². The van der Waals surface area contributed by atoms with E-state index in [1.165, 1.54) is 0 Å². The monoisotopic (exact) mass is 514 g/mol. The first-order valence-electron chi connectivity index (χ1n) is 13.9. The van der Waals surface area contributed by atoms with Crippen LogP contribution in [0, 0.1) is 39.9 Å². The van der Waals surface area contributed by atoms with Crippen LogP contribution in [0.2, 0.25) is 0 Å².